The number of benzene rings is 1. The molecule has 3 heterocycles. The van der Waals surface area contributed by atoms with Gasteiger partial charge in [0, 0.05) is 9.86 Å². The van der Waals surface area contributed by atoms with E-state index in [9.17, 15) is 4.79 Å². The predicted molar refractivity (Wildman–Crippen MR) is 90.3 cm³/mol. The van der Waals surface area contributed by atoms with Crippen molar-refractivity contribution in [3.8, 4) is 11.5 Å². The van der Waals surface area contributed by atoms with E-state index in [1.54, 1.807) is 6.07 Å². The second-order valence-corrected chi connectivity index (χ2v) is 6.08. The summed E-state index contributed by atoms with van der Waals surface area (Å²) in [7, 11) is 0. The van der Waals surface area contributed by atoms with Crippen LogP contribution in [0.25, 0.3) is 33.6 Å². The zero-order chi connectivity index (χ0) is 16.1. The first kappa shape index (κ1) is 14.2. The predicted octanol–water partition coefficient (Wildman–Crippen LogP) is 3.12. The summed E-state index contributed by atoms with van der Waals surface area (Å²) >= 11 is 9.47. The molecule has 0 radical (unpaired) electrons. The number of hydrogen-bond acceptors (Lipinski definition) is 6. The van der Waals surface area contributed by atoms with Crippen LogP contribution < -0.4 is 11.3 Å². The van der Waals surface area contributed by atoms with Crippen molar-refractivity contribution >= 4 is 55.5 Å². The van der Waals surface area contributed by atoms with E-state index >= 15 is 0 Å². The van der Waals surface area contributed by atoms with Crippen LogP contribution >= 0.6 is 27.5 Å². The number of aromatic amines is 1. The van der Waals surface area contributed by atoms with Crippen LogP contribution in [0, 0.1) is 0 Å². The highest BCUT2D eigenvalue weighted by Crippen LogP contribution is 2.30. The molecule has 4 rings (SSSR count). The third kappa shape index (κ3) is 2.27. The summed E-state index contributed by atoms with van der Waals surface area (Å²) in [5.74, 6) is 0.233. The van der Waals surface area contributed by atoms with Crippen molar-refractivity contribution in [2.75, 3.05) is 5.73 Å². The van der Waals surface area contributed by atoms with Gasteiger partial charge in [0.1, 0.15) is 16.8 Å². The standard InChI is InChI=1S/C14H7BrClN5O2/c15-5-1-2-8-6(3-5)9-11(23-8)13(22)21-12(19-9)10-7(16)4-18-14(17)20-10/h1-4H,(H2,17,18,20)(H,19,21,22). The van der Waals surface area contributed by atoms with Gasteiger partial charge in [0.15, 0.2) is 5.82 Å². The number of nitrogens with one attached hydrogen (secondary N) is 1. The Bertz CT molecular complexity index is 1140. The number of rotatable bonds is 1. The molecular weight excluding hydrogens is 386 g/mol. The fourth-order valence-corrected chi connectivity index (χ4v) is 2.83. The highest BCUT2D eigenvalue weighted by molar-refractivity contribution is 9.10. The van der Waals surface area contributed by atoms with Gasteiger partial charge in [-0.15, -0.1) is 0 Å². The lowest BCUT2D eigenvalue weighted by Gasteiger charge is -2.03. The van der Waals surface area contributed by atoms with Crippen LogP contribution in [-0.2, 0) is 0 Å². The molecule has 0 spiro atoms. The largest absolute Gasteiger partial charge is 0.449 e. The van der Waals surface area contributed by atoms with Crippen LogP contribution in [0.3, 0.4) is 0 Å². The zero-order valence-corrected chi connectivity index (χ0v) is 13.6. The Balaban J connectivity index is 2.10. The topological polar surface area (TPSA) is 111 Å². The molecule has 3 aromatic heterocycles. The normalized spacial score (nSPS) is 11.4. The molecule has 3 N–H and O–H groups in total. The van der Waals surface area contributed by atoms with Crippen LogP contribution in [0.15, 0.2) is 38.1 Å². The van der Waals surface area contributed by atoms with Gasteiger partial charge in [-0.1, -0.05) is 27.5 Å². The Morgan fingerprint density at radius 3 is 2.96 bits per heavy atom. The first-order valence-electron chi connectivity index (χ1n) is 6.43. The molecule has 0 saturated carbocycles. The molecule has 4 aromatic rings. The minimum Gasteiger partial charge on any atom is -0.449 e. The van der Waals surface area contributed by atoms with E-state index in [-0.39, 0.29) is 28.1 Å². The number of H-pyrrole nitrogens is 1. The van der Waals surface area contributed by atoms with Crippen LogP contribution in [-0.4, -0.2) is 19.9 Å². The minimum absolute atomic E-state index is 0.0342. The molecular formula is C14H7BrClN5O2. The Morgan fingerprint density at radius 2 is 2.13 bits per heavy atom. The Labute approximate surface area is 141 Å². The molecule has 114 valence electrons. The van der Waals surface area contributed by atoms with Gasteiger partial charge in [0.25, 0.3) is 5.56 Å². The summed E-state index contributed by atoms with van der Waals surface area (Å²) in [5.41, 5.74) is 6.53. The molecule has 23 heavy (non-hydrogen) atoms. The summed E-state index contributed by atoms with van der Waals surface area (Å²) in [6, 6.07) is 5.41. The number of nitrogens with zero attached hydrogens (tertiary/aromatic N) is 3. The van der Waals surface area contributed by atoms with E-state index in [1.165, 1.54) is 6.20 Å². The quantitative estimate of drug-likeness (QED) is 0.515. The maximum absolute atomic E-state index is 12.3. The maximum Gasteiger partial charge on any atom is 0.294 e. The first-order valence-corrected chi connectivity index (χ1v) is 7.60. The molecule has 0 aliphatic carbocycles. The summed E-state index contributed by atoms with van der Waals surface area (Å²) < 4.78 is 6.41. The Morgan fingerprint density at radius 1 is 1.30 bits per heavy atom. The highest BCUT2D eigenvalue weighted by atomic mass is 79.9. The van der Waals surface area contributed by atoms with Gasteiger partial charge in [0.05, 0.1) is 11.2 Å². The van der Waals surface area contributed by atoms with Crippen molar-refractivity contribution in [2.45, 2.75) is 0 Å². The van der Waals surface area contributed by atoms with Gasteiger partial charge >= 0.3 is 0 Å². The Kier molecular flexibility index (Phi) is 3.10. The molecule has 0 bridgehead atoms. The summed E-state index contributed by atoms with van der Waals surface area (Å²) in [5, 5.41) is 0.940. The molecule has 0 atom stereocenters. The third-order valence-corrected chi connectivity index (χ3v) is 4.04. The lowest BCUT2D eigenvalue weighted by Crippen LogP contribution is -2.09. The van der Waals surface area contributed by atoms with Crippen molar-refractivity contribution in [3.05, 3.63) is 44.2 Å². The van der Waals surface area contributed by atoms with Crippen molar-refractivity contribution in [3.63, 3.8) is 0 Å². The van der Waals surface area contributed by atoms with Crippen molar-refractivity contribution in [2.24, 2.45) is 0 Å². The number of anilines is 1. The second-order valence-electron chi connectivity index (χ2n) is 4.76. The van der Waals surface area contributed by atoms with Gasteiger partial charge in [-0.3, -0.25) is 4.79 Å². The fraction of sp³-hybridized carbons (Fsp3) is 0. The number of halogens is 2. The monoisotopic (exact) mass is 391 g/mol. The molecule has 0 aliphatic rings. The molecule has 9 heteroatoms. The number of nitrogens with two attached hydrogens (primary N) is 1. The van der Waals surface area contributed by atoms with Gasteiger partial charge < -0.3 is 15.1 Å². The molecule has 0 amide bonds. The molecule has 7 nitrogen and oxygen atoms in total. The van der Waals surface area contributed by atoms with Gasteiger partial charge in [-0.05, 0) is 18.2 Å². The van der Waals surface area contributed by atoms with Gasteiger partial charge in [0.2, 0.25) is 11.5 Å². The number of fused-ring (bicyclic) bond motifs is 3. The van der Waals surface area contributed by atoms with Crippen LogP contribution in [0.5, 0.6) is 0 Å². The lowest BCUT2D eigenvalue weighted by atomic mass is 10.2. The summed E-state index contributed by atoms with van der Waals surface area (Å²) in [6.07, 6.45) is 1.35. The molecule has 0 saturated heterocycles. The lowest BCUT2D eigenvalue weighted by molar-refractivity contribution is 0.661. The van der Waals surface area contributed by atoms with E-state index in [0.717, 1.165) is 4.47 Å². The minimum atomic E-state index is -0.425. The molecule has 0 aliphatic heterocycles. The molecule has 0 unspecified atom stereocenters. The van der Waals surface area contributed by atoms with E-state index < -0.39 is 5.56 Å². The van der Waals surface area contributed by atoms with E-state index in [1.807, 2.05) is 12.1 Å². The molecule has 0 fully saturated rings. The summed E-state index contributed by atoms with van der Waals surface area (Å²) in [4.78, 5) is 27.2. The van der Waals surface area contributed by atoms with E-state index in [2.05, 4.69) is 35.9 Å². The average molecular weight is 393 g/mol. The Hall–Kier alpha value is -2.45. The van der Waals surface area contributed by atoms with Crippen molar-refractivity contribution in [1.82, 2.24) is 19.9 Å². The SMILES string of the molecule is Nc1ncc(Cl)c(-c2nc3c(oc4ccc(Br)cc43)c(=O)[nH]2)n1. The van der Waals surface area contributed by atoms with Crippen LogP contribution in [0.4, 0.5) is 5.95 Å². The smallest absolute Gasteiger partial charge is 0.294 e. The number of hydrogen-bond donors (Lipinski definition) is 2. The fourth-order valence-electron chi connectivity index (χ4n) is 2.28. The van der Waals surface area contributed by atoms with E-state index in [0.29, 0.717) is 16.5 Å². The average Bonchev–Trinajstić information content (AvgIpc) is 2.88. The van der Waals surface area contributed by atoms with Crippen LogP contribution in [0.1, 0.15) is 0 Å². The third-order valence-electron chi connectivity index (χ3n) is 3.27. The maximum atomic E-state index is 12.3. The zero-order valence-electron chi connectivity index (χ0n) is 11.3. The molecule has 1 aromatic carbocycles. The van der Waals surface area contributed by atoms with E-state index in [4.69, 9.17) is 21.8 Å². The van der Waals surface area contributed by atoms with Crippen molar-refractivity contribution < 1.29 is 4.42 Å². The number of furan rings is 1. The van der Waals surface area contributed by atoms with Crippen molar-refractivity contribution in [1.29, 1.82) is 0 Å². The number of nitrogen functional groups attached to an aromatic ring is 1. The van der Waals surface area contributed by atoms with Gasteiger partial charge in [-0.2, -0.15) is 0 Å². The first-order chi connectivity index (χ1) is 11.0. The highest BCUT2D eigenvalue weighted by Gasteiger charge is 2.17. The number of aromatic nitrogens is 4. The second kappa shape index (κ2) is 5.04. The summed E-state index contributed by atoms with van der Waals surface area (Å²) in [6.45, 7) is 0. The van der Waals surface area contributed by atoms with Gasteiger partial charge in [-0.25, -0.2) is 15.0 Å². The van der Waals surface area contributed by atoms with Crippen LogP contribution in [0.2, 0.25) is 5.02 Å².